The first-order chi connectivity index (χ1) is 12.5. The maximum absolute atomic E-state index is 12.0. The van der Waals surface area contributed by atoms with Gasteiger partial charge in [0, 0.05) is 35.3 Å². The summed E-state index contributed by atoms with van der Waals surface area (Å²) in [5.74, 6) is 0.0286. The fourth-order valence-corrected chi connectivity index (χ4v) is 2.65. The molecule has 1 amide bonds. The Labute approximate surface area is 152 Å². The Morgan fingerprint density at radius 1 is 1.27 bits per heavy atom. The minimum absolute atomic E-state index is 0.0274. The number of thioether (sulfide) groups is 1. The number of hydrogen-bond acceptors (Lipinski definition) is 8. The Kier molecular flexibility index (Phi) is 5.23. The first kappa shape index (κ1) is 17.5. The maximum Gasteiger partial charge on any atom is 0.277 e. The lowest BCUT2D eigenvalue weighted by Gasteiger charge is -2.05. The number of carbonyl (C=O) groups excluding carboxylic acids is 1. The van der Waals surface area contributed by atoms with Crippen LogP contribution in [0.3, 0.4) is 0 Å². The first-order valence-corrected chi connectivity index (χ1v) is 8.43. The summed E-state index contributed by atoms with van der Waals surface area (Å²) in [6, 6.07) is 7.99. The van der Waals surface area contributed by atoms with Gasteiger partial charge in [-0.1, -0.05) is 17.8 Å². The third-order valence-corrected chi connectivity index (χ3v) is 4.17. The lowest BCUT2D eigenvalue weighted by Crippen LogP contribution is -2.14. The molecule has 3 rings (SSSR count). The summed E-state index contributed by atoms with van der Waals surface area (Å²) in [6.07, 6.45) is 3.22. The summed E-state index contributed by atoms with van der Waals surface area (Å²) in [7, 11) is 0. The number of nitro benzene ring substituents is 1. The molecule has 26 heavy (non-hydrogen) atoms. The van der Waals surface area contributed by atoms with Crippen LogP contribution in [0.1, 0.15) is 5.56 Å². The van der Waals surface area contributed by atoms with Crippen LogP contribution in [0.15, 0.2) is 52.4 Å². The number of anilines is 1. The number of nitrogens with zero attached hydrogens (tertiary/aromatic N) is 4. The molecule has 1 N–H and O–H groups in total. The molecule has 0 saturated heterocycles. The fraction of sp³-hybridized carbons (Fsp3) is 0.125. The third-order valence-electron chi connectivity index (χ3n) is 3.35. The van der Waals surface area contributed by atoms with Crippen LogP contribution in [0.5, 0.6) is 0 Å². The second-order valence-corrected chi connectivity index (χ2v) is 6.13. The summed E-state index contributed by atoms with van der Waals surface area (Å²) in [5.41, 5.74) is 1.57. The molecule has 3 aromatic rings. The molecule has 132 valence electrons. The quantitative estimate of drug-likeness (QED) is 0.398. The predicted octanol–water partition coefficient (Wildman–Crippen LogP) is 3.08. The molecule has 0 aliphatic rings. The highest BCUT2D eigenvalue weighted by Gasteiger charge is 2.14. The number of benzene rings is 1. The van der Waals surface area contributed by atoms with E-state index in [1.807, 2.05) is 0 Å². The van der Waals surface area contributed by atoms with Crippen LogP contribution in [0.4, 0.5) is 11.4 Å². The highest BCUT2D eigenvalue weighted by atomic mass is 32.2. The minimum Gasteiger partial charge on any atom is -0.411 e. The van der Waals surface area contributed by atoms with Crippen molar-refractivity contribution in [3.8, 4) is 11.5 Å². The summed E-state index contributed by atoms with van der Waals surface area (Å²) in [5, 5.41) is 21.6. The smallest absolute Gasteiger partial charge is 0.277 e. The van der Waals surface area contributed by atoms with Crippen LogP contribution in [0.25, 0.3) is 11.5 Å². The van der Waals surface area contributed by atoms with Crippen LogP contribution in [0, 0.1) is 17.0 Å². The number of nitro groups is 1. The van der Waals surface area contributed by atoms with Crippen LogP contribution in [-0.2, 0) is 4.79 Å². The van der Waals surface area contributed by atoms with Crippen molar-refractivity contribution in [2.24, 2.45) is 0 Å². The average Bonchev–Trinajstić information content (AvgIpc) is 3.11. The Morgan fingerprint density at radius 2 is 2.04 bits per heavy atom. The number of nitrogens with one attached hydrogen (secondary N) is 1. The lowest BCUT2D eigenvalue weighted by molar-refractivity contribution is -0.385. The molecule has 0 spiro atoms. The zero-order valence-corrected chi connectivity index (χ0v) is 14.4. The van der Waals surface area contributed by atoms with Gasteiger partial charge in [0.2, 0.25) is 11.8 Å². The van der Waals surface area contributed by atoms with Crippen molar-refractivity contribution in [2.45, 2.75) is 12.1 Å². The molecule has 0 saturated carbocycles. The summed E-state index contributed by atoms with van der Waals surface area (Å²) in [4.78, 5) is 26.4. The van der Waals surface area contributed by atoms with Crippen molar-refractivity contribution in [1.82, 2.24) is 15.2 Å². The van der Waals surface area contributed by atoms with Crippen LogP contribution in [0.2, 0.25) is 0 Å². The van der Waals surface area contributed by atoms with Gasteiger partial charge in [0.1, 0.15) is 0 Å². The van der Waals surface area contributed by atoms with Gasteiger partial charge in [-0.25, -0.2) is 0 Å². The molecule has 0 aliphatic carbocycles. The molecule has 1 aromatic carbocycles. The molecule has 0 radical (unpaired) electrons. The molecular weight excluding hydrogens is 358 g/mol. The third kappa shape index (κ3) is 4.22. The summed E-state index contributed by atoms with van der Waals surface area (Å²) in [6.45, 7) is 1.63. The van der Waals surface area contributed by atoms with E-state index in [1.54, 1.807) is 43.6 Å². The molecule has 10 heteroatoms. The van der Waals surface area contributed by atoms with E-state index in [0.717, 1.165) is 17.3 Å². The van der Waals surface area contributed by atoms with Crippen molar-refractivity contribution in [3.05, 3.63) is 58.4 Å². The van der Waals surface area contributed by atoms with E-state index < -0.39 is 4.92 Å². The normalized spacial score (nSPS) is 10.5. The topological polar surface area (TPSA) is 124 Å². The first-order valence-electron chi connectivity index (χ1n) is 7.44. The molecule has 0 unspecified atom stereocenters. The number of aryl methyl sites for hydroxylation is 1. The maximum atomic E-state index is 12.0. The van der Waals surface area contributed by atoms with Gasteiger partial charge in [-0.05, 0) is 25.1 Å². The highest BCUT2D eigenvalue weighted by molar-refractivity contribution is 7.99. The second kappa shape index (κ2) is 7.74. The standard InChI is InChI=1S/C16H13N5O4S/c1-10-2-3-12(8-13(10)21(23)24)18-14(22)9-26-16-20-19-15(25-16)11-4-6-17-7-5-11/h2-8H,9H2,1H3,(H,18,22). The Bertz CT molecular complexity index is 945. The minimum atomic E-state index is -0.487. The number of pyridine rings is 1. The second-order valence-electron chi connectivity index (χ2n) is 5.20. The SMILES string of the molecule is Cc1ccc(NC(=O)CSc2nnc(-c3ccncc3)o2)cc1[N+](=O)[O-]. The molecular formula is C16H13N5O4S. The molecule has 0 aliphatic heterocycles. The molecule has 0 bridgehead atoms. The van der Waals surface area contributed by atoms with Crippen LogP contribution < -0.4 is 5.32 Å². The van der Waals surface area contributed by atoms with E-state index in [-0.39, 0.29) is 22.6 Å². The molecule has 0 atom stereocenters. The number of hydrogen-bond donors (Lipinski definition) is 1. The van der Waals surface area contributed by atoms with E-state index in [0.29, 0.717) is 17.1 Å². The number of aromatic nitrogens is 3. The zero-order valence-electron chi connectivity index (χ0n) is 13.6. The van der Waals surface area contributed by atoms with E-state index in [4.69, 9.17) is 4.42 Å². The van der Waals surface area contributed by atoms with Crippen molar-refractivity contribution in [1.29, 1.82) is 0 Å². The lowest BCUT2D eigenvalue weighted by atomic mass is 10.2. The fourth-order valence-electron chi connectivity index (χ4n) is 2.09. The van der Waals surface area contributed by atoms with Gasteiger partial charge in [-0.2, -0.15) is 0 Å². The number of amides is 1. The average molecular weight is 371 g/mol. The van der Waals surface area contributed by atoms with Gasteiger partial charge in [0.05, 0.1) is 10.7 Å². The van der Waals surface area contributed by atoms with Gasteiger partial charge in [-0.3, -0.25) is 19.9 Å². The van der Waals surface area contributed by atoms with Gasteiger partial charge < -0.3 is 9.73 Å². The number of rotatable bonds is 6. The van der Waals surface area contributed by atoms with E-state index >= 15 is 0 Å². The van der Waals surface area contributed by atoms with Gasteiger partial charge in [-0.15, -0.1) is 10.2 Å². The van der Waals surface area contributed by atoms with Crippen LogP contribution >= 0.6 is 11.8 Å². The largest absolute Gasteiger partial charge is 0.411 e. The highest BCUT2D eigenvalue weighted by Crippen LogP contribution is 2.24. The van der Waals surface area contributed by atoms with Gasteiger partial charge in [0.25, 0.3) is 10.9 Å². The summed E-state index contributed by atoms with van der Waals surface area (Å²) < 4.78 is 5.48. The Hall–Kier alpha value is -3.27. The summed E-state index contributed by atoms with van der Waals surface area (Å²) >= 11 is 1.08. The van der Waals surface area contributed by atoms with Gasteiger partial charge >= 0.3 is 0 Å². The molecule has 2 aromatic heterocycles. The van der Waals surface area contributed by atoms with Crippen molar-refractivity contribution in [2.75, 3.05) is 11.1 Å². The zero-order chi connectivity index (χ0) is 18.5. The monoisotopic (exact) mass is 371 g/mol. The molecule has 0 fully saturated rings. The van der Waals surface area contributed by atoms with Gasteiger partial charge in [0.15, 0.2) is 0 Å². The van der Waals surface area contributed by atoms with Crippen LogP contribution in [-0.4, -0.2) is 31.8 Å². The number of carbonyl (C=O) groups is 1. The van der Waals surface area contributed by atoms with Crippen molar-refractivity contribution >= 4 is 29.0 Å². The molecule has 9 nitrogen and oxygen atoms in total. The van der Waals surface area contributed by atoms with Crippen molar-refractivity contribution in [3.63, 3.8) is 0 Å². The Morgan fingerprint density at radius 3 is 2.77 bits per heavy atom. The van der Waals surface area contributed by atoms with E-state index in [9.17, 15) is 14.9 Å². The van der Waals surface area contributed by atoms with E-state index in [2.05, 4.69) is 20.5 Å². The van der Waals surface area contributed by atoms with Crippen molar-refractivity contribution < 1.29 is 14.1 Å². The Balaban J connectivity index is 1.59. The van der Waals surface area contributed by atoms with E-state index in [1.165, 1.54) is 6.07 Å². The molecule has 2 heterocycles. The predicted molar refractivity (Wildman–Crippen MR) is 94.7 cm³/mol.